The summed E-state index contributed by atoms with van der Waals surface area (Å²) in [4.78, 5) is 0. The molecule has 1 aromatic carbocycles. The summed E-state index contributed by atoms with van der Waals surface area (Å²) >= 11 is 7.05. The zero-order chi connectivity index (χ0) is 13.8. The molecular formula is C13H15Br2N3O. The highest BCUT2D eigenvalue weighted by Gasteiger charge is 2.19. The van der Waals surface area contributed by atoms with E-state index in [1.165, 1.54) is 0 Å². The maximum Gasteiger partial charge on any atom is 0.0745 e. The second-order valence-electron chi connectivity index (χ2n) is 4.09. The molecule has 0 aliphatic carbocycles. The first-order valence-corrected chi connectivity index (χ1v) is 7.44. The average molecular weight is 389 g/mol. The molecular weight excluding hydrogens is 374 g/mol. The Balaban J connectivity index is 2.35. The van der Waals surface area contributed by atoms with Crippen LogP contribution in [0.3, 0.4) is 0 Å². The third-order valence-corrected chi connectivity index (χ3v) is 4.21. The Bertz CT molecular complexity index is 557. The van der Waals surface area contributed by atoms with Gasteiger partial charge in [-0.05, 0) is 27.6 Å². The molecule has 19 heavy (non-hydrogen) atoms. The van der Waals surface area contributed by atoms with Crippen LogP contribution in [0.5, 0.6) is 0 Å². The Kier molecular flexibility index (Phi) is 5.15. The van der Waals surface area contributed by atoms with E-state index < -0.39 is 0 Å². The number of hydrogen-bond donors (Lipinski definition) is 1. The van der Waals surface area contributed by atoms with Crippen LogP contribution in [0.4, 0.5) is 0 Å². The highest BCUT2D eigenvalue weighted by atomic mass is 79.9. The van der Waals surface area contributed by atoms with Crippen LogP contribution in [-0.2, 0) is 11.3 Å². The van der Waals surface area contributed by atoms with Gasteiger partial charge >= 0.3 is 0 Å². The number of ether oxygens (including phenoxy) is 1. The maximum atomic E-state index is 6.37. The molecule has 0 aliphatic rings. The normalized spacial score (nSPS) is 12.6. The van der Waals surface area contributed by atoms with Crippen molar-refractivity contribution in [3.63, 3.8) is 0 Å². The van der Waals surface area contributed by atoms with Gasteiger partial charge in [-0.15, -0.1) is 0 Å². The van der Waals surface area contributed by atoms with Gasteiger partial charge in [0.05, 0.1) is 35.6 Å². The van der Waals surface area contributed by atoms with E-state index in [2.05, 4.69) is 37.0 Å². The van der Waals surface area contributed by atoms with Gasteiger partial charge in [-0.2, -0.15) is 5.10 Å². The Hall–Kier alpha value is -0.690. The molecule has 0 bridgehead atoms. The number of hydrogen-bond acceptors (Lipinski definition) is 3. The number of rotatable bonds is 5. The molecule has 0 amide bonds. The Morgan fingerprint density at radius 1 is 1.32 bits per heavy atom. The molecule has 2 aromatic rings. The van der Waals surface area contributed by atoms with Crippen molar-refractivity contribution < 1.29 is 4.74 Å². The molecule has 0 aliphatic heterocycles. The van der Waals surface area contributed by atoms with Crippen LogP contribution in [0.1, 0.15) is 17.3 Å². The van der Waals surface area contributed by atoms with Crippen molar-refractivity contribution in [2.45, 2.75) is 12.6 Å². The van der Waals surface area contributed by atoms with Gasteiger partial charge in [0, 0.05) is 11.6 Å². The van der Waals surface area contributed by atoms with Crippen LogP contribution in [0.2, 0.25) is 0 Å². The summed E-state index contributed by atoms with van der Waals surface area (Å²) in [5.41, 5.74) is 8.35. The van der Waals surface area contributed by atoms with Crippen molar-refractivity contribution in [1.29, 1.82) is 0 Å². The molecule has 1 aromatic heterocycles. The predicted molar refractivity (Wildman–Crippen MR) is 82.0 cm³/mol. The summed E-state index contributed by atoms with van der Waals surface area (Å²) in [7, 11) is 1.67. The molecule has 102 valence electrons. The van der Waals surface area contributed by atoms with Crippen molar-refractivity contribution >= 4 is 31.9 Å². The summed E-state index contributed by atoms with van der Waals surface area (Å²) in [6.45, 7) is 1.28. The maximum absolute atomic E-state index is 6.37. The van der Waals surface area contributed by atoms with Crippen molar-refractivity contribution in [2.24, 2.45) is 5.73 Å². The number of nitrogens with zero attached hydrogens (tertiary/aromatic N) is 2. The largest absolute Gasteiger partial charge is 0.383 e. The molecule has 0 fully saturated rings. The first-order chi connectivity index (χ1) is 9.15. The zero-order valence-electron chi connectivity index (χ0n) is 10.5. The molecule has 1 atom stereocenters. The summed E-state index contributed by atoms with van der Waals surface area (Å²) in [5, 5.41) is 4.32. The fraction of sp³-hybridized carbons (Fsp3) is 0.308. The molecule has 4 nitrogen and oxygen atoms in total. The van der Waals surface area contributed by atoms with E-state index in [4.69, 9.17) is 10.5 Å². The third kappa shape index (κ3) is 3.25. The molecule has 2 rings (SSSR count). The van der Waals surface area contributed by atoms with Crippen LogP contribution in [-0.4, -0.2) is 23.5 Å². The van der Waals surface area contributed by atoms with E-state index in [0.717, 1.165) is 20.2 Å². The van der Waals surface area contributed by atoms with E-state index >= 15 is 0 Å². The summed E-state index contributed by atoms with van der Waals surface area (Å²) in [6, 6.07) is 7.69. The SMILES string of the molecule is COCCn1ncc(Br)c1C(N)c1ccccc1Br. The zero-order valence-corrected chi connectivity index (χ0v) is 13.7. The molecule has 0 saturated carbocycles. The smallest absolute Gasteiger partial charge is 0.0745 e. The van der Waals surface area contributed by atoms with Gasteiger partial charge in [0.2, 0.25) is 0 Å². The second kappa shape index (κ2) is 6.65. The molecule has 6 heteroatoms. The summed E-state index contributed by atoms with van der Waals surface area (Å²) < 4.78 is 8.87. The van der Waals surface area contributed by atoms with Gasteiger partial charge in [-0.3, -0.25) is 4.68 Å². The number of aromatic nitrogens is 2. The molecule has 0 spiro atoms. The fourth-order valence-corrected chi connectivity index (χ4v) is 2.99. The second-order valence-corrected chi connectivity index (χ2v) is 5.80. The van der Waals surface area contributed by atoms with E-state index in [1.54, 1.807) is 13.3 Å². The topological polar surface area (TPSA) is 53.1 Å². The lowest BCUT2D eigenvalue weighted by Gasteiger charge is -2.16. The van der Waals surface area contributed by atoms with Crippen molar-refractivity contribution in [3.8, 4) is 0 Å². The number of methoxy groups -OCH3 is 1. The van der Waals surface area contributed by atoms with E-state index in [9.17, 15) is 0 Å². The monoisotopic (exact) mass is 387 g/mol. The Labute approximate surface area is 129 Å². The van der Waals surface area contributed by atoms with Crippen molar-refractivity contribution in [1.82, 2.24) is 9.78 Å². The minimum atomic E-state index is -0.246. The quantitative estimate of drug-likeness (QED) is 0.856. The highest BCUT2D eigenvalue weighted by molar-refractivity contribution is 9.10. The van der Waals surface area contributed by atoms with E-state index in [-0.39, 0.29) is 6.04 Å². The lowest BCUT2D eigenvalue weighted by Crippen LogP contribution is -2.20. The van der Waals surface area contributed by atoms with Crippen LogP contribution < -0.4 is 5.73 Å². The van der Waals surface area contributed by atoms with Gasteiger partial charge in [0.1, 0.15) is 0 Å². The van der Waals surface area contributed by atoms with E-state index in [0.29, 0.717) is 13.2 Å². The molecule has 0 radical (unpaired) electrons. The number of halogens is 2. The number of benzene rings is 1. The predicted octanol–water partition coefficient (Wildman–Crippen LogP) is 3.10. The molecule has 1 heterocycles. The fourth-order valence-electron chi connectivity index (χ4n) is 1.91. The highest BCUT2D eigenvalue weighted by Crippen LogP contribution is 2.30. The summed E-state index contributed by atoms with van der Waals surface area (Å²) in [6.07, 6.45) is 1.77. The van der Waals surface area contributed by atoms with Crippen molar-refractivity contribution in [3.05, 3.63) is 50.7 Å². The first kappa shape index (κ1) is 14.7. The van der Waals surface area contributed by atoms with Crippen LogP contribution >= 0.6 is 31.9 Å². The lowest BCUT2D eigenvalue weighted by atomic mass is 10.0. The molecule has 0 saturated heterocycles. The summed E-state index contributed by atoms with van der Waals surface area (Å²) in [5.74, 6) is 0. The first-order valence-electron chi connectivity index (χ1n) is 5.85. The van der Waals surface area contributed by atoms with Crippen LogP contribution in [0.15, 0.2) is 39.4 Å². The van der Waals surface area contributed by atoms with Crippen LogP contribution in [0, 0.1) is 0 Å². The lowest BCUT2D eigenvalue weighted by molar-refractivity contribution is 0.182. The van der Waals surface area contributed by atoms with Gasteiger partial charge < -0.3 is 10.5 Å². The van der Waals surface area contributed by atoms with Gasteiger partial charge in [-0.1, -0.05) is 34.1 Å². The molecule has 1 unspecified atom stereocenters. The third-order valence-electron chi connectivity index (χ3n) is 2.88. The van der Waals surface area contributed by atoms with Crippen molar-refractivity contribution in [2.75, 3.05) is 13.7 Å². The van der Waals surface area contributed by atoms with Gasteiger partial charge in [0.25, 0.3) is 0 Å². The Morgan fingerprint density at radius 3 is 2.74 bits per heavy atom. The standard InChI is InChI=1S/C13H15Br2N3O/c1-19-7-6-18-13(11(15)8-17-18)12(16)9-4-2-3-5-10(9)14/h2-5,8,12H,6-7,16H2,1H3. The average Bonchev–Trinajstić information content (AvgIpc) is 2.77. The Morgan fingerprint density at radius 2 is 2.05 bits per heavy atom. The van der Waals surface area contributed by atoms with E-state index in [1.807, 2.05) is 28.9 Å². The number of nitrogens with two attached hydrogens (primary N) is 1. The molecule has 2 N–H and O–H groups in total. The van der Waals surface area contributed by atoms with Gasteiger partial charge in [0.15, 0.2) is 0 Å². The minimum Gasteiger partial charge on any atom is -0.383 e. The van der Waals surface area contributed by atoms with Crippen LogP contribution in [0.25, 0.3) is 0 Å². The van der Waals surface area contributed by atoms with Gasteiger partial charge in [-0.25, -0.2) is 0 Å². The minimum absolute atomic E-state index is 0.246.